The Bertz CT molecular complexity index is 698. The maximum Gasteiger partial charge on any atom is 0.238 e. The topological polar surface area (TPSA) is 75.5 Å². The van der Waals surface area contributed by atoms with E-state index < -0.39 is 10.0 Å². The van der Waals surface area contributed by atoms with Crippen LogP contribution in [0.2, 0.25) is 0 Å². The summed E-state index contributed by atoms with van der Waals surface area (Å²) in [6.07, 6.45) is 2.52. The zero-order valence-electron chi connectivity index (χ0n) is 13.7. The molecule has 0 aliphatic carbocycles. The number of aryl methyl sites for hydroxylation is 2. The van der Waals surface area contributed by atoms with Crippen LogP contribution in [0.25, 0.3) is 0 Å². The summed E-state index contributed by atoms with van der Waals surface area (Å²) in [5, 5.41) is 4.47. The lowest BCUT2D eigenvalue weighted by Crippen LogP contribution is -2.44. The van der Waals surface area contributed by atoms with Crippen molar-refractivity contribution in [2.45, 2.75) is 45.7 Å². The number of likely N-dealkylation sites (tertiary alicyclic amines) is 1. The predicted octanol–water partition coefficient (Wildman–Crippen LogP) is 0.526. The van der Waals surface area contributed by atoms with Crippen molar-refractivity contribution in [1.82, 2.24) is 19.0 Å². The number of nitrogens with zero attached hydrogens (tertiary/aromatic N) is 4. The summed E-state index contributed by atoms with van der Waals surface area (Å²) in [4.78, 5) is 14.4. The Labute approximate surface area is 137 Å². The van der Waals surface area contributed by atoms with E-state index in [1.165, 1.54) is 4.31 Å². The first-order chi connectivity index (χ1) is 10.9. The Morgan fingerprint density at radius 2 is 2.09 bits per heavy atom. The number of carbonyl (C=O) groups is 1. The van der Waals surface area contributed by atoms with Gasteiger partial charge in [-0.3, -0.25) is 9.48 Å². The van der Waals surface area contributed by atoms with Crippen LogP contribution in [0.1, 0.15) is 30.7 Å². The quantitative estimate of drug-likeness (QED) is 0.801. The molecule has 2 aliphatic rings. The zero-order valence-corrected chi connectivity index (χ0v) is 14.5. The van der Waals surface area contributed by atoms with E-state index in [1.54, 1.807) is 0 Å². The van der Waals surface area contributed by atoms with Crippen LogP contribution in [-0.2, 0) is 21.4 Å². The molecular weight excluding hydrogens is 316 g/mol. The smallest absolute Gasteiger partial charge is 0.238 e. The van der Waals surface area contributed by atoms with Gasteiger partial charge >= 0.3 is 0 Å². The van der Waals surface area contributed by atoms with Crippen LogP contribution in [0.5, 0.6) is 0 Å². The van der Waals surface area contributed by atoms with Crippen LogP contribution >= 0.6 is 0 Å². The lowest BCUT2D eigenvalue weighted by molar-refractivity contribution is -0.132. The van der Waals surface area contributed by atoms with E-state index in [0.717, 1.165) is 24.2 Å². The highest BCUT2D eigenvalue weighted by molar-refractivity contribution is 7.89. The number of hydrogen-bond donors (Lipinski definition) is 0. The highest BCUT2D eigenvalue weighted by Crippen LogP contribution is 2.21. The Hall–Kier alpha value is -1.41. The highest BCUT2D eigenvalue weighted by Gasteiger charge is 2.35. The van der Waals surface area contributed by atoms with Crippen molar-refractivity contribution >= 4 is 15.9 Å². The monoisotopic (exact) mass is 340 g/mol. The third-order valence-corrected chi connectivity index (χ3v) is 6.60. The minimum absolute atomic E-state index is 0.0179. The first-order valence-electron chi connectivity index (χ1n) is 8.15. The Morgan fingerprint density at radius 1 is 1.30 bits per heavy atom. The van der Waals surface area contributed by atoms with Crippen molar-refractivity contribution in [3.05, 3.63) is 17.5 Å². The number of carbonyl (C=O) groups excluding carboxylic acids is 1. The summed E-state index contributed by atoms with van der Waals surface area (Å²) in [6, 6.07) is 2.13. The number of amides is 1. The molecule has 0 saturated carbocycles. The van der Waals surface area contributed by atoms with Crippen LogP contribution in [0.15, 0.2) is 6.07 Å². The molecule has 1 amide bonds. The molecule has 0 radical (unpaired) electrons. The SMILES string of the molecule is Cc1cc(C)n(C[C@@H]2CCCN2C(=O)CN2CCCS2(=O)=O)n1. The maximum atomic E-state index is 12.6. The lowest BCUT2D eigenvalue weighted by Gasteiger charge is -2.27. The molecule has 23 heavy (non-hydrogen) atoms. The minimum atomic E-state index is -3.22. The van der Waals surface area contributed by atoms with E-state index in [9.17, 15) is 13.2 Å². The van der Waals surface area contributed by atoms with Gasteiger partial charge in [0.25, 0.3) is 0 Å². The molecule has 2 aliphatic heterocycles. The molecule has 0 N–H and O–H groups in total. The van der Waals surface area contributed by atoms with Gasteiger partial charge in [0, 0.05) is 18.8 Å². The average Bonchev–Trinajstić information content (AvgIpc) is 3.12. The summed E-state index contributed by atoms with van der Waals surface area (Å²) in [6.45, 7) is 5.80. The second-order valence-corrected chi connectivity index (χ2v) is 8.58. The van der Waals surface area contributed by atoms with E-state index in [1.807, 2.05) is 29.5 Å². The molecule has 1 aromatic rings. The number of sulfonamides is 1. The second-order valence-electron chi connectivity index (χ2n) is 6.50. The molecule has 2 fully saturated rings. The predicted molar refractivity (Wildman–Crippen MR) is 86.4 cm³/mol. The minimum Gasteiger partial charge on any atom is -0.337 e. The second kappa shape index (κ2) is 6.24. The molecule has 1 aromatic heterocycles. The lowest BCUT2D eigenvalue weighted by atomic mass is 10.2. The molecule has 3 heterocycles. The van der Waals surface area contributed by atoms with Gasteiger partial charge in [0.15, 0.2) is 0 Å². The fraction of sp³-hybridized carbons (Fsp3) is 0.733. The van der Waals surface area contributed by atoms with E-state index >= 15 is 0 Å². The summed E-state index contributed by atoms with van der Waals surface area (Å²) in [7, 11) is -3.22. The van der Waals surface area contributed by atoms with Crippen LogP contribution in [0.3, 0.4) is 0 Å². The highest BCUT2D eigenvalue weighted by atomic mass is 32.2. The van der Waals surface area contributed by atoms with Crippen molar-refractivity contribution in [1.29, 1.82) is 0 Å². The first-order valence-corrected chi connectivity index (χ1v) is 9.76. The van der Waals surface area contributed by atoms with Crippen LogP contribution in [-0.4, -0.2) is 64.7 Å². The van der Waals surface area contributed by atoms with Crippen LogP contribution in [0, 0.1) is 13.8 Å². The van der Waals surface area contributed by atoms with Crippen LogP contribution in [0.4, 0.5) is 0 Å². The van der Waals surface area contributed by atoms with Crippen LogP contribution < -0.4 is 0 Å². The molecule has 0 spiro atoms. The van der Waals surface area contributed by atoms with Crippen molar-refractivity contribution in [2.75, 3.05) is 25.4 Å². The summed E-state index contributed by atoms with van der Waals surface area (Å²) in [5.74, 6) is 0.0784. The molecule has 7 nitrogen and oxygen atoms in total. The van der Waals surface area contributed by atoms with Gasteiger partial charge in [-0.1, -0.05) is 0 Å². The van der Waals surface area contributed by atoms with Crippen molar-refractivity contribution in [3.63, 3.8) is 0 Å². The molecule has 128 valence electrons. The average molecular weight is 340 g/mol. The fourth-order valence-corrected chi connectivity index (χ4v) is 4.99. The number of aromatic nitrogens is 2. The summed E-state index contributed by atoms with van der Waals surface area (Å²) >= 11 is 0. The van der Waals surface area contributed by atoms with E-state index in [4.69, 9.17) is 0 Å². The van der Waals surface area contributed by atoms with Gasteiger partial charge < -0.3 is 4.90 Å². The Kier molecular flexibility index (Phi) is 4.46. The molecule has 0 bridgehead atoms. The van der Waals surface area contributed by atoms with Gasteiger partial charge in [-0.05, 0) is 39.2 Å². The van der Waals surface area contributed by atoms with Gasteiger partial charge in [0.1, 0.15) is 0 Å². The summed E-state index contributed by atoms with van der Waals surface area (Å²) < 4.78 is 27.0. The third-order valence-electron chi connectivity index (χ3n) is 4.70. The number of rotatable bonds is 4. The molecule has 3 rings (SSSR count). The molecule has 1 atom stereocenters. The Balaban J connectivity index is 1.66. The number of hydrogen-bond acceptors (Lipinski definition) is 4. The van der Waals surface area contributed by atoms with Crippen molar-refractivity contribution in [3.8, 4) is 0 Å². The fourth-order valence-electron chi connectivity index (χ4n) is 3.52. The molecule has 8 heteroatoms. The molecule has 0 unspecified atom stereocenters. The van der Waals surface area contributed by atoms with Gasteiger partial charge in [0.05, 0.1) is 30.6 Å². The first kappa shape index (κ1) is 16.4. The van der Waals surface area contributed by atoms with Crippen molar-refractivity contribution in [2.24, 2.45) is 0 Å². The van der Waals surface area contributed by atoms with Gasteiger partial charge in [0.2, 0.25) is 15.9 Å². The molecule has 0 aromatic carbocycles. The normalized spacial score (nSPS) is 24.4. The van der Waals surface area contributed by atoms with Gasteiger partial charge in [-0.25, -0.2) is 8.42 Å². The largest absolute Gasteiger partial charge is 0.337 e. The Morgan fingerprint density at radius 3 is 2.70 bits per heavy atom. The maximum absolute atomic E-state index is 12.6. The van der Waals surface area contributed by atoms with E-state index in [-0.39, 0.29) is 24.2 Å². The van der Waals surface area contributed by atoms with Gasteiger partial charge in [-0.15, -0.1) is 0 Å². The van der Waals surface area contributed by atoms with E-state index in [2.05, 4.69) is 5.10 Å². The zero-order chi connectivity index (χ0) is 16.6. The van der Waals surface area contributed by atoms with Crippen molar-refractivity contribution < 1.29 is 13.2 Å². The third kappa shape index (κ3) is 3.42. The van der Waals surface area contributed by atoms with E-state index in [0.29, 0.717) is 26.1 Å². The standard InChI is InChI=1S/C15H24N4O3S/c1-12-9-13(2)19(16-12)10-14-5-3-7-18(14)15(20)11-17-6-4-8-23(17,21)22/h9,14H,3-8,10-11H2,1-2H3/t14-/m0/s1. The molecule has 2 saturated heterocycles. The van der Waals surface area contributed by atoms with Gasteiger partial charge in [-0.2, -0.15) is 9.40 Å². The molecular formula is C15H24N4O3S. The summed E-state index contributed by atoms with van der Waals surface area (Å²) in [5.41, 5.74) is 2.06.